The molecule has 0 N–H and O–H groups in total. The molecule has 4 nitrogen and oxygen atoms in total. The van der Waals surface area contributed by atoms with E-state index in [2.05, 4.69) is 4.40 Å². The van der Waals surface area contributed by atoms with Crippen LogP contribution in [0.4, 0.5) is 0 Å². The number of aryl methyl sites for hydroxylation is 1. The molecule has 1 aromatic rings. The Balaban J connectivity index is 0.00000196. The quantitative estimate of drug-likeness (QED) is 0.322. The second-order valence-electron chi connectivity index (χ2n) is 2.90. The van der Waals surface area contributed by atoms with Crippen LogP contribution in [0.3, 0.4) is 0 Å². The van der Waals surface area contributed by atoms with Crippen molar-refractivity contribution in [2.75, 3.05) is 0 Å². The molecule has 0 aliphatic rings. The first-order valence-corrected chi connectivity index (χ1v) is 5.41. The average Bonchev–Trinajstić information content (AvgIpc) is 2.02. The van der Waals surface area contributed by atoms with E-state index in [4.69, 9.17) is 0 Å². The summed E-state index contributed by atoms with van der Waals surface area (Å²) < 4.78 is 25.8. The van der Waals surface area contributed by atoms with Gasteiger partial charge in [0.25, 0.3) is 10.0 Å². The van der Waals surface area contributed by atoms with Crippen LogP contribution in [0.1, 0.15) is 12.5 Å². The van der Waals surface area contributed by atoms with Crippen molar-refractivity contribution >= 4 is 15.9 Å². The van der Waals surface area contributed by atoms with Gasteiger partial charge in [-0.2, -0.15) is 12.8 Å². The molecule has 0 fully saturated rings. The fourth-order valence-electron chi connectivity index (χ4n) is 0.932. The van der Waals surface area contributed by atoms with E-state index >= 15 is 0 Å². The van der Waals surface area contributed by atoms with Crippen molar-refractivity contribution in [2.24, 2.45) is 4.40 Å². The molecule has 0 radical (unpaired) electrons. The van der Waals surface area contributed by atoms with E-state index in [0.29, 0.717) is 0 Å². The van der Waals surface area contributed by atoms with Crippen LogP contribution in [0.15, 0.2) is 33.6 Å². The molecule has 0 saturated carbocycles. The van der Waals surface area contributed by atoms with Crippen molar-refractivity contribution in [1.82, 2.24) is 0 Å². The molecule has 0 aliphatic heterocycles. The fraction of sp³-hybridized carbons (Fsp3) is 0.222. The van der Waals surface area contributed by atoms with E-state index in [0.717, 1.165) is 12.5 Å². The Labute approximate surface area is 111 Å². The molecule has 0 saturated heterocycles. The Morgan fingerprint density at radius 3 is 2.13 bits per heavy atom. The summed E-state index contributed by atoms with van der Waals surface area (Å²) in [7, 11) is -3.80. The van der Waals surface area contributed by atoms with Gasteiger partial charge in [0, 0.05) is 0 Å². The van der Waals surface area contributed by atoms with Gasteiger partial charge in [0.05, 0.1) is 4.90 Å². The molecule has 0 aromatic heterocycles. The number of rotatable bonds is 2. The molecule has 0 bridgehead atoms. The molecule has 15 heavy (non-hydrogen) atoms. The third kappa shape index (κ3) is 4.34. The van der Waals surface area contributed by atoms with Crippen LogP contribution in [0.25, 0.3) is 0 Å². The van der Waals surface area contributed by atoms with Gasteiger partial charge in [0.2, 0.25) is 0 Å². The van der Waals surface area contributed by atoms with Crippen molar-refractivity contribution in [1.29, 1.82) is 0 Å². The molecule has 6 heteroatoms. The zero-order valence-electron chi connectivity index (χ0n) is 8.89. The van der Waals surface area contributed by atoms with Crippen LogP contribution in [-0.4, -0.2) is 14.3 Å². The van der Waals surface area contributed by atoms with Crippen molar-refractivity contribution in [3.63, 3.8) is 0 Å². The Bertz CT molecular complexity index is 447. The normalized spacial score (nSPS) is 12.0. The number of sulfonamides is 1. The van der Waals surface area contributed by atoms with Crippen molar-refractivity contribution < 1.29 is 43.1 Å². The smallest absolute Gasteiger partial charge is 0.861 e. The van der Waals surface area contributed by atoms with Crippen molar-refractivity contribution in [2.45, 2.75) is 18.7 Å². The maximum absolute atomic E-state index is 11.4. The first kappa shape index (κ1) is 14.6. The van der Waals surface area contributed by atoms with Crippen LogP contribution in [0, 0.1) is 6.92 Å². The summed E-state index contributed by atoms with van der Waals surface area (Å²) >= 11 is 0. The zero-order valence-corrected chi connectivity index (χ0v) is 11.7. The van der Waals surface area contributed by atoms with Crippen LogP contribution >= 0.6 is 0 Å². The molecule has 0 atom stereocenters. The second-order valence-corrected chi connectivity index (χ2v) is 4.50. The van der Waals surface area contributed by atoms with Crippen LogP contribution in [0.5, 0.6) is 0 Å². The summed E-state index contributed by atoms with van der Waals surface area (Å²) in [6.45, 7) is 2.95. The van der Waals surface area contributed by atoms with Crippen molar-refractivity contribution in [3.8, 4) is 0 Å². The van der Waals surface area contributed by atoms with E-state index < -0.39 is 15.9 Å². The number of nitrogens with zero attached hydrogens (tertiary/aromatic N) is 1. The minimum absolute atomic E-state index is 0. The number of hydrogen-bond donors (Lipinski definition) is 0. The van der Waals surface area contributed by atoms with E-state index in [-0.39, 0.29) is 34.5 Å². The van der Waals surface area contributed by atoms with E-state index in [1.807, 2.05) is 6.92 Å². The van der Waals surface area contributed by atoms with Gasteiger partial charge in [-0.1, -0.05) is 17.7 Å². The molecule has 1 rings (SSSR count). The third-order valence-corrected chi connectivity index (χ3v) is 2.93. The Morgan fingerprint density at radius 2 is 1.73 bits per heavy atom. The van der Waals surface area contributed by atoms with Gasteiger partial charge in [0.15, 0.2) is 0 Å². The standard InChI is InChI=1S/C9H11NO3S.Na/c1-7-3-5-9(6-4-7)14(12,13)10-8(2)11;/h3-6H,1-2H3,(H,10,11);/q;+1/p-1. The Morgan fingerprint density at radius 1 is 1.27 bits per heavy atom. The summed E-state index contributed by atoms with van der Waals surface area (Å²) in [5.74, 6) is -0.717. The number of benzene rings is 1. The van der Waals surface area contributed by atoms with Gasteiger partial charge >= 0.3 is 29.6 Å². The molecule has 0 unspecified atom stereocenters. The topological polar surface area (TPSA) is 69.6 Å². The monoisotopic (exact) mass is 235 g/mol. The molecule has 0 heterocycles. The Hall–Kier alpha value is -0.360. The predicted molar refractivity (Wildman–Crippen MR) is 51.5 cm³/mol. The van der Waals surface area contributed by atoms with Gasteiger partial charge < -0.3 is 5.11 Å². The summed E-state index contributed by atoms with van der Waals surface area (Å²) in [6.07, 6.45) is 0. The van der Waals surface area contributed by atoms with Crippen LogP contribution < -0.4 is 34.7 Å². The molecule has 0 amide bonds. The molecule has 0 aliphatic carbocycles. The van der Waals surface area contributed by atoms with E-state index in [1.54, 1.807) is 12.1 Å². The first-order valence-electron chi connectivity index (χ1n) is 3.97. The van der Waals surface area contributed by atoms with Gasteiger partial charge in [-0.15, -0.1) is 0 Å². The summed E-state index contributed by atoms with van der Waals surface area (Å²) in [4.78, 5) is 0.0401. The van der Waals surface area contributed by atoms with Gasteiger partial charge in [-0.3, -0.25) is 0 Å². The molecular formula is C9H10NNaO3S. The van der Waals surface area contributed by atoms with Gasteiger partial charge in [0.1, 0.15) is 0 Å². The maximum atomic E-state index is 11.4. The second kappa shape index (κ2) is 5.65. The largest absolute Gasteiger partial charge is 1.00 e. The molecule has 0 spiro atoms. The number of hydrogen-bond acceptors (Lipinski definition) is 3. The predicted octanol–water partition coefficient (Wildman–Crippen LogP) is -2.53. The SMILES string of the molecule is CC([O-])=NS(=O)(=O)c1ccc(C)cc1.[Na+]. The maximum Gasteiger partial charge on any atom is 1.00 e. The van der Waals surface area contributed by atoms with Gasteiger partial charge in [-0.05, 0) is 31.9 Å². The summed E-state index contributed by atoms with van der Waals surface area (Å²) in [5, 5.41) is 10.6. The van der Waals surface area contributed by atoms with Crippen molar-refractivity contribution in [3.05, 3.63) is 29.8 Å². The fourth-order valence-corrected chi connectivity index (χ4v) is 1.86. The van der Waals surface area contributed by atoms with Gasteiger partial charge in [-0.25, -0.2) is 0 Å². The van der Waals surface area contributed by atoms with E-state index in [1.165, 1.54) is 12.1 Å². The minimum Gasteiger partial charge on any atom is -0.861 e. The third-order valence-electron chi connectivity index (χ3n) is 1.57. The molecular weight excluding hydrogens is 225 g/mol. The molecule has 1 aromatic carbocycles. The Kier molecular flexibility index (Phi) is 5.51. The minimum atomic E-state index is -3.80. The molecule has 76 valence electrons. The summed E-state index contributed by atoms with van der Waals surface area (Å²) in [5.41, 5.74) is 0.951. The first-order chi connectivity index (χ1) is 6.42. The van der Waals surface area contributed by atoms with Crippen LogP contribution in [-0.2, 0) is 10.0 Å². The van der Waals surface area contributed by atoms with Crippen LogP contribution in [0.2, 0.25) is 0 Å². The average molecular weight is 235 g/mol. The van der Waals surface area contributed by atoms with E-state index in [9.17, 15) is 13.5 Å². The zero-order chi connectivity index (χ0) is 10.8. The summed E-state index contributed by atoms with van der Waals surface area (Å²) in [6, 6.07) is 6.17.